The van der Waals surface area contributed by atoms with Crippen LogP contribution < -0.4 is 0 Å². The van der Waals surface area contributed by atoms with Crippen LogP contribution in [0.25, 0.3) is 0 Å². The molecule has 0 heterocycles. The Morgan fingerprint density at radius 3 is 2.18 bits per heavy atom. The maximum atomic E-state index is 10.4. The lowest BCUT2D eigenvalue weighted by atomic mass is 10.3. The minimum Gasteiger partial charge on any atom is -0.295 e. The maximum Gasteiger partial charge on any atom is 0.152 e. The molecule has 0 aliphatic heterocycles. The lowest BCUT2D eigenvalue weighted by Crippen LogP contribution is -1.77. The Morgan fingerprint density at radius 1 is 1.09 bits per heavy atom. The zero-order valence-corrected chi connectivity index (χ0v) is 6.66. The molecule has 0 aliphatic rings. The van der Waals surface area contributed by atoms with Crippen molar-refractivity contribution in [1.29, 1.82) is 0 Å². The van der Waals surface area contributed by atoms with Crippen LogP contribution in [-0.4, -0.2) is 5.78 Å². The summed E-state index contributed by atoms with van der Waals surface area (Å²) < 4.78 is 0. The minimum atomic E-state index is 0.0577. The molecule has 0 saturated heterocycles. The van der Waals surface area contributed by atoms with Crippen molar-refractivity contribution in [2.75, 3.05) is 0 Å². The van der Waals surface area contributed by atoms with Crippen molar-refractivity contribution in [3.05, 3.63) is 49.1 Å². The molecule has 0 unspecified atom stereocenters. The standard InChI is InChI=1S/C10H12O/c1-3-4-5-6-7-8-9-10(2)11/h3-9H,1H2,2H3/b5-4+,7-6+,9-8+. The molecule has 11 heavy (non-hydrogen) atoms. The molecule has 1 heteroatoms. The molecule has 0 atom stereocenters. The monoisotopic (exact) mass is 148 g/mol. The Hall–Kier alpha value is -1.37. The average molecular weight is 148 g/mol. The van der Waals surface area contributed by atoms with E-state index in [4.69, 9.17) is 0 Å². The Bertz CT molecular complexity index is 207. The molecule has 0 spiro atoms. The van der Waals surface area contributed by atoms with Gasteiger partial charge in [0.25, 0.3) is 0 Å². The summed E-state index contributed by atoms with van der Waals surface area (Å²) in [6, 6.07) is 0. The second-order valence-electron chi connectivity index (χ2n) is 1.98. The van der Waals surface area contributed by atoms with Gasteiger partial charge in [0.1, 0.15) is 0 Å². The van der Waals surface area contributed by atoms with Gasteiger partial charge in [0, 0.05) is 0 Å². The van der Waals surface area contributed by atoms with Crippen LogP contribution in [0, 0.1) is 0 Å². The Labute approximate surface area is 67.4 Å². The van der Waals surface area contributed by atoms with Crippen molar-refractivity contribution in [1.82, 2.24) is 0 Å². The summed E-state index contributed by atoms with van der Waals surface area (Å²) in [5.41, 5.74) is 0. The first-order chi connectivity index (χ1) is 5.27. The molecule has 0 aliphatic carbocycles. The van der Waals surface area contributed by atoms with Crippen LogP contribution in [0.5, 0.6) is 0 Å². The molecule has 1 nitrogen and oxygen atoms in total. The molecule has 0 radical (unpaired) electrons. The van der Waals surface area contributed by atoms with E-state index in [-0.39, 0.29) is 5.78 Å². The van der Waals surface area contributed by atoms with E-state index in [1.807, 2.05) is 18.2 Å². The van der Waals surface area contributed by atoms with E-state index in [9.17, 15) is 4.79 Å². The van der Waals surface area contributed by atoms with Crippen molar-refractivity contribution < 1.29 is 4.79 Å². The van der Waals surface area contributed by atoms with E-state index in [1.165, 1.54) is 13.0 Å². The zero-order chi connectivity index (χ0) is 8.53. The number of rotatable bonds is 4. The summed E-state index contributed by atoms with van der Waals surface area (Å²) in [6.45, 7) is 5.03. The van der Waals surface area contributed by atoms with Crippen LogP contribution in [-0.2, 0) is 4.79 Å². The number of hydrogen-bond acceptors (Lipinski definition) is 1. The van der Waals surface area contributed by atoms with Crippen LogP contribution in [0.2, 0.25) is 0 Å². The van der Waals surface area contributed by atoms with Gasteiger partial charge >= 0.3 is 0 Å². The predicted molar refractivity (Wildman–Crippen MR) is 48.3 cm³/mol. The van der Waals surface area contributed by atoms with E-state index >= 15 is 0 Å². The highest BCUT2D eigenvalue weighted by atomic mass is 16.1. The van der Waals surface area contributed by atoms with Crippen LogP contribution in [0.15, 0.2) is 49.1 Å². The summed E-state index contributed by atoms with van der Waals surface area (Å²) in [6.07, 6.45) is 12.2. The average Bonchev–Trinajstić information content (AvgIpc) is 1.96. The molecule has 0 aromatic rings. The van der Waals surface area contributed by atoms with Gasteiger partial charge in [-0.15, -0.1) is 0 Å². The van der Waals surface area contributed by atoms with Gasteiger partial charge in [0.15, 0.2) is 5.78 Å². The molecule has 0 rings (SSSR count). The van der Waals surface area contributed by atoms with Gasteiger partial charge in [-0.2, -0.15) is 0 Å². The Morgan fingerprint density at radius 2 is 1.64 bits per heavy atom. The number of carbonyl (C=O) groups excluding carboxylic acids is 1. The second-order valence-corrected chi connectivity index (χ2v) is 1.98. The maximum absolute atomic E-state index is 10.4. The van der Waals surface area contributed by atoms with Crippen LogP contribution >= 0.6 is 0 Å². The van der Waals surface area contributed by atoms with Gasteiger partial charge in [0.05, 0.1) is 0 Å². The number of carbonyl (C=O) groups is 1. The van der Waals surface area contributed by atoms with Gasteiger partial charge in [-0.25, -0.2) is 0 Å². The van der Waals surface area contributed by atoms with E-state index in [0.29, 0.717) is 0 Å². The van der Waals surface area contributed by atoms with Crippen LogP contribution in [0.4, 0.5) is 0 Å². The van der Waals surface area contributed by atoms with Crippen molar-refractivity contribution in [2.24, 2.45) is 0 Å². The lowest BCUT2D eigenvalue weighted by molar-refractivity contribution is -0.112. The molecule has 0 saturated carbocycles. The SMILES string of the molecule is C=C/C=C/C=C/C=C/C(C)=O. The van der Waals surface area contributed by atoms with Crippen LogP contribution in [0.3, 0.4) is 0 Å². The zero-order valence-electron chi connectivity index (χ0n) is 6.66. The van der Waals surface area contributed by atoms with E-state index in [0.717, 1.165) is 0 Å². The van der Waals surface area contributed by atoms with E-state index < -0.39 is 0 Å². The summed E-state index contributed by atoms with van der Waals surface area (Å²) in [5.74, 6) is 0.0577. The summed E-state index contributed by atoms with van der Waals surface area (Å²) in [7, 11) is 0. The molecular weight excluding hydrogens is 136 g/mol. The topological polar surface area (TPSA) is 17.1 Å². The molecule has 58 valence electrons. The van der Waals surface area contributed by atoms with Gasteiger partial charge in [0.2, 0.25) is 0 Å². The molecule has 0 bridgehead atoms. The summed E-state index contributed by atoms with van der Waals surface area (Å²) in [4.78, 5) is 10.4. The fourth-order valence-corrected chi connectivity index (χ4v) is 0.462. The number of allylic oxidation sites excluding steroid dienone is 7. The third-order valence-electron chi connectivity index (χ3n) is 0.911. The molecule has 0 aromatic heterocycles. The highest BCUT2D eigenvalue weighted by Gasteiger charge is 1.75. The second kappa shape index (κ2) is 6.75. The largest absolute Gasteiger partial charge is 0.295 e. The highest BCUT2D eigenvalue weighted by Crippen LogP contribution is 1.81. The summed E-state index contributed by atoms with van der Waals surface area (Å²) in [5, 5.41) is 0. The van der Waals surface area contributed by atoms with Crippen molar-refractivity contribution in [3.8, 4) is 0 Å². The molecule has 0 fully saturated rings. The Kier molecular flexibility index (Phi) is 5.91. The quantitative estimate of drug-likeness (QED) is 0.442. The fourth-order valence-electron chi connectivity index (χ4n) is 0.462. The smallest absolute Gasteiger partial charge is 0.152 e. The van der Waals surface area contributed by atoms with E-state index in [2.05, 4.69) is 6.58 Å². The van der Waals surface area contributed by atoms with Crippen molar-refractivity contribution in [2.45, 2.75) is 6.92 Å². The lowest BCUT2D eigenvalue weighted by Gasteiger charge is -1.74. The van der Waals surface area contributed by atoms with Gasteiger partial charge in [-0.3, -0.25) is 4.79 Å². The summed E-state index contributed by atoms with van der Waals surface area (Å²) >= 11 is 0. The Balaban J connectivity index is 3.68. The normalized spacial score (nSPS) is 11.7. The predicted octanol–water partition coefficient (Wildman–Crippen LogP) is 2.43. The fraction of sp³-hybridized carbons (Fsp3) is 0.100. The first-order valence-corrected chi connectivity index (χ1v) is 3.40. The molecular formula is C10H12O. The van der Waals surface area contributed by atoms with Gasteiger partial charge in [-0.05, 0) is 13.0 Å². The van der Waals surface area contributed by atoms with Gasteiger partial charge in [-0.1, -0.05) is 43.0 Å². The number of hydrogen-bond donors (Lipinski definition) is 0. The van der Waals surface area contributed by atoms with Gasteiger partial charge < -0.3 is 0 Å². The van der Waals surface area contributed by atoms with Crippen molar-refractivity contribution >= 4 is 5.78 Å². The molecule has 0 aromatic carbocycles. The van der Waals surface area contributed by atoms with Crippen LogP contribution in [0.1, 0.15) is 6.92 Å². The first kappa shape index (κ1) is 9.63. The third kappa shape index (κ3) is 8.63. The first-order valence-electron chi connectivity index (χ1n) is 3.40. The molecule has 0 N–H and O–H groups in total. The van der Waals surface area contributed by atoms with Crippen molar-refractivity contribution in [3.63, 3.8) is 0 Å². The minimum absolute atomic E-state index is 0.0577. The highest BCUT2D eigenvalue weighted by molar-refractivity contribution is 5.87. The molecule has 0 amide bonds. The number of ketones is 1. The third-order valence-corrected chi connectivity index (χ3v) is 0.911. The van der Waals surface area contributed by atoms with E-state index in [1.54, 1.807) is 18.2 Å².